The van der Waals surface area contributed by atoms with Gasteiger partial charge in [-0.25, -0.2) is 0 Å². The molecule has 0 spiro atoms. The van der Waals surface area contributed by atoms with Crippen molar-refractivity contribution < 1.29 is 9.90 Å². The first-order valence-electron chi connectivity index (χ1n) is 7.19. The first-order chi connectivity index (χ1) is 10.0. The van der Waals surface area contributed by atoms with Gasteiger partial charge in [0, 0.05) is 24.6 Å². The van der Waals surface area contributed by atoms with Gasteiger partial charge < -0.3 is 10.0 Å². The van der Waals surface area contributed by atoms with Crippen LogP contribution in [0.4, 0.5) is 5.69 Å². The summed E-state index contributed by atoms with van der Waals surface area (Å²) in [6.45, 7) is 4.46. The molecule has 1 unspecified atom stereocenters. The highest BCUT2D eigenvalue weighted by molar-refractivity contribution is 5.93. The number of aromatic hydroxyl groups is 1. The number of fused-ring (bicyclic) bond motifs is 1. The molecule has 0 bridgehead atoms. The molecular weight excluding hydrogens is 262 g/mol. The van der Waals surface area contributed by atoms with Gasteiger partial charge in [-0.3, -0.25) is 4.79 Å². The zero-order valence-corrected chi connectivity index (χ0v) is 12.3. The van der Waals surface area contributed by atoms with Crippen molar-refractivity contribution in [1.29, 1.82) is 0 Å². The van der Waals surface area contributed by atoms with Gasteiger partial charge in [0.2, 0.25) is 5.91 Å². The molecule has 108 valence electrons. The first kappa shape index (κ1) is 13.7. The van der Waals surface area contributed by atoms with Gasteiger partial charge in [-0.15, -0.1) is 0 Å². The topological polar surface area (TPSA) is 40.5 Å². The quantitative estimate of drug-likeness (QED) is 0.869. The first-order valence-corrected chi connectivity index (χ1v) is 7.19. The van der Waals surface area contributed by atoms with Crippen LogP contribution in [0.5, 0.6) is 5.75 Å². The van der Waals surface area contributed by atoms with Crippen LogP contribution >= 0.6 is 0 Å². The fraction of sp³-hybridized carbons (Fsp3) is 0.278. The molecule has 0 aromatic heterocycles. The summed E-state index contributed by atoms with van der Waals surface area (Å²) in [5, 5.41) is 9.89. The average molecular weight is 281 g/mol. The largest absolute Gasteiger partial charge is 0.508 e. The van der Waals surface area contributed by atoms with E-state index in [0.29, 0.717) is 6.54 Å². The highest BCUT2D eigenvalue weighted by Gasteiger charge is 2.37. The molecule has 21 heavy (non-hydrogen) atoms. The van der Waals surface area contributed by atoms with E-state index in [-0.39, 0.29) is 17.1 Å². The monoisotopic (exact) mass is 281 g/mol. The Morgan fingerprint density at radius 2 is 1.90 bits per heavy atom. The molecule has 2 aromatic rings. The van der Waals surface area contributed by atoms with Crippen molar-refractivity contribution in [2.75, 3.05) is 11.4 Å². The molecule has 1 atom stereocenters. The lowest BCUT2D eigenvalue weighted by Gasteiger charge is -2.41. The number of anilines is 1. The van der Waals surface area contributed by atoms with Crippen LogP contribution in [0.1, 0.15) is 31.4 Å². The Kier molecular flexibility index (Phi) is 3.20. The lowest BCUT2D eigenvalue weighted by Crippen LogP contribution is -2.41. The zero-order chi connectivity index (χ0) is 15.0. The van der Waals surface area contributed by atoms with Crippen LogP contribution in [-0.2, 0) is 10.2 Å². The molecule has 0 radical (unpaired) electrons. The Morgan fingerprint density at radius 1 is 1.19 bits per heavy atom. The molecule has 1 aliphatic heterocycles. The van der Waals surface area contributed by atoms with E-state index >= 15 is 0 Å². The van der Waals surface area contributed by atoms with E-state index in [1.807, 2.05) is 24.3 Å². The third-order valence-electron chi connectivity index (χ3n) is 4.49. The van der Waals surface area contributed by atoms with Gasteiger partial charge in [0.15, 0.2) is 0 Å². The fourth-order valence-electron chi connectivity index (χ4n) is 3.22. The van der Waals surface area contributed by atoms with Crippen molar-refractivity contribution in [2.24, 2.45) is 0 Å². The van der Waals surface area contributed by atoms with Crippen LogP contribution in [-0.4, -0.2) is 17.6 Å². The van der Waals surface area contributed by atoms with Crippen molar-refractivity contribution in [3.05, 3.63) is 59.7 Å². The molecule has 0 fully saturated rings. The third kappa shape index (κ3) is 2.19. The van der Waals surface area contributed by atoms with Crippen molar-refractivity contribution in [1.82, 2.24) is 0 Å². The minimum atomic E-state index is -0.193. The van der Waals surface area contributed by atoms with E-state index in [1.165, 1.54) is 5.56 Å². The molecule has 3 nitrogen and oxygen atoms in total. The summed E-state index contributed by atoms with van der Waals surface area (Å²) in [6.07, 6.45) is 0.840. The number of hydrogen-bond acceptors (Lipinski definition) is 2. The summed E-state index contributed by atoms with van der Waals surface area (Å²) in [7, 11) is 0. The molecule has 1 aliphatic rings. The van der Waals surface area contributed by atoms with E-state index in [1.54, 1.807) is 24.0 Å². The Morgan fingerprint density at radius 3 is 2.57 bits per heavy atom. The number of phenols is 1. The Balaban J connectivity index is 2.20. The SMILES string of the molecule is CC(=O)N1CCC(C)(c2ccccc2)c2cc(O)ccc21. The van der Waals surface area contributed by atoms with Gasteiger partial charge in [-0.1, -0.05) is 37.3 Å². The minimum absolute atomic E-state index is 0.0389. The fourth-order valence-corrected chi connectivity index (χ4v) is 3.22. The second kappa shape index (κ2) is 4.92. The van der Waals surface area contributed by atoms with Crippen molar-refractivity contribution in [3.63, 3.8) is 0 Å². The number of hydrogen-bond donors (Lipinski definition) is 1. The molecule has 0 saturated carbocycles. The lowest BCUT2D eigenvalue weighted by molar-refractivity contribution is -0.116. The number of amides is 1. The summed E-state index contributed by atoms with van der Waals surface area (Å²) in [4.78, 5) is 13.6. The molecule has 3 rings (SSSR count). The number of nitrogens with zero attached hydrogens (tertiary/aromatic N) is 1. The highest BCUT2D eigenvalue weighted by atomic mass is 16.3. The van der Waals surface area contributed by atoms with Crippen molar-refractivity contribution >= 4 is 11.6 Å². The predicted molar refractivity (Wildman–Crippen MR) is 83.6 cm³/mol. The summed E-state index contributed by atoms with van der Waals surface area (Å²) in [5.74, 6) is 0.276. The Labute approximate surface area is 124 Å². The average Bonchev–Trinajstić information content (AvgIpc) is 2.49. The molecule has 0 aliphatic carbocycles. The maximum Gasteiger partial charge on any atom is 0.223 e. The molecule has 1 heterocycles. The van der Waals surface area contributed by atoms with Gasteiger partial charge >= 0.3 is 0 Å². The van der Waals surface area contributed by atoms with Gasteiger partial charge in [0.05, 0.1) is 0 Å². The maximum atomic E-state index is 11.9. The summed E-state index contributed by atoms with van der Waals surface area (Å²) in [5.41, 5.74) is 2.93. The number of carbonyl (C=O) groups is 1. The smallest absolute Gasteiger partial charge is 0.223 e. The predicted octanol–water partition coefficient (Wildman–Crippen LogP) is 3.45. The Hall–Kier alpha value is -2.29. The van der Waals surface area contributed by atoms with Crippen LogP contribution < -0.4 is 4.90 Å². The second-order valence-electron chi connectivity index (χ2n) is 5.82. The van der Waals surface area contributed by atoms with E-state index < -0.39 is 0 Å². The van der Waals surface area contributed by atoms with Crippen molar-refractivity contribution in [3.8, 4) is 5.75 Å². The molecular formula is C18H19NO2. The molecule has 2 aromatic carbocycles. The molecule has 1 N–H and O–H groups in total. The van der Waals surface area contributed by atoms with Gasteiger partial charge in [0.1, 0.15) is 5.75 Å². The van der Waals surface area contributed by atoms with E-state index in [2.05, 4.69) is 19.1 Å². The minimum Gasteiger partial charge on any atom is -0.508 e. The number of rotatable bonds is 1. The lowest BCUT2D eigenvalue weighted by atomic mass is 9.71. The normalized spacial score (nSPS) is 21.0. The zero-order valence-electron chi connectivity index (χ0n) is 12.3. The van der Waals surface area contributed by atoms with Gasteiger partial charge in [0.25, 0.3) is 0 Å². The van der Waals surface area contributed by atoms with Crippen molar-refractivity contribution in [2.45, 2.75) is 25.7 Å². The van der Waals surface area contributed by atoms with E-state index in [4.69, 9.17) is 0 Å². The maximum absolute atomic E-state index is 11.9. The van der Waals surface area contributed by atoms with E-state index in [9.17, 15) is 9.90 Å². The molecule has 3 heteroatoms. The van der Waals surface area contributed by atoms with Crippen LogP contribution in [0.15, 0.2) is 48.5 Å². The second-order valence-corrected chi connectivity index (χ2v) is 5.82. The standard InChI is InChI=1S/C18H19NO2/c1-13(20)19-11-10-18(2,14-6-4-3-5-7-14)16-12-15(21)8-9-17(16)19/h3-9,12,21H,10-11H2,1-2H3. The summed E-state index contributed by atoms with van der Waals surface area (Å²) < 4.78 is 0. The number of benzene rings is 2. The van der Waals surface area contributed by atoms with Crippen LogP contribution in [0.25, 0.3) is 0 Å². The Bertz CT molecular complexity index is 681. The van der Waals surface area contributed by atoms with Gasteiger partial charge in [-0.2, -0.15) is 0 Å². The van der Waals surface area contributed by atoms with Crippen LogP contribution in [0.3, 0.4) is 0 Å². The summed E-state index contributed by atoms with van der Waals surface area (Å²) >= 11 is 0. The van der Waals surface area contributed by atoms with Gasteiger partial charge in [-0.05, 0) is 35.7 Å². The number of carbonyl (C=O) groups excluding carboxylic acids is 1. The molecule has 0 saturated heterocycles. The highest BCUT2D eigenvalue weighted by Crippen LogP contribution is 2.45. The third-order valence-corrected chi connectivity index (χ3v) is 4.49. The van der Waals surface area contributed by atoms with Crippen LogP contribution in [0.2, 0.25) is 0 Å². The van der Waals surface area contributed by atoms with E-state index in [0.717, 1.165) is 17.7 Å². The molecule has 1 amide bonds. The number of phenolic OH excluding ortho intramolecular Hbond substituents is 1. The summed E-state index contributed by atoms with van der Waals surface area (Å²) in [6, 6.07) is 15.5. The van der Waals surface area contributed by atoms with Crippen LogP contribution in [0, 0.1) is 0 Å².